The highest BCUT2D eigenvalue weighted by atomic mass is 32.1. The first-order chi connectivity index (χ1) is 11.5. The minimum Gasteiger partial charge on any atom is -0.508 e. The number of phenolic OH excluding ortho intramolecular Hbond substituents is 1. The number of thiophene rings is 1. The van der Waals surface area contributed by atoms with E-state index in [1.165, 1.54) is 23.5 Å². The van der Waals surface area contributed by atoms with Gasteiger partial charge in [-0.25, -0.2) is 4.98 Å². The predicted octanol–water partition coefficient (Wildman–Crippen LogP) is 2.67. The zero-order chi connectivity index (χ0) is 16.8. The molecule has 4 rings (SSSR count). The molecule has 0 saturated carbocycles. The third-order valence-electron chi connectivity index (χ3n) is 4.24. The first kappa shape index (κ1) is 14.9. The van der Waals surface area contributed by atoms with Crippen molar-refractivity contribution in [2.45, 2.75) is 26.3 Å². The number of amides is 1. The minimum absolute atomic E-state index is 0.0510. The Kier molecular flexibility index (Phi) is 3.38. The van der Waals surface area contributed by atoms with E-state index in [0.717, 1.165) is 18.7 Å². The van der Waals surface area contributed by atoms with Gasteiger partial charge < -0.3 is 10.4 Å². The van der Waals surface area contributed by atoms with Crippen molar-refractivity contribution >= 4 is 33.1 Å². The molecule has 0 aliphatic carbocycles. The summed E-state index contributed by atoms with van der Waals surface area (Å²) in [5.74, 6) is 0.669. The Hall–Kier alpha value is -2.67. The molecule has 24 heavy (non-hydrogen) atoms. The van der Waals surface area contributed by atoms with Crippen LogP contribution in [0.3, 0.4) is 0 Å². The van der Waals surface area contributed by atoms with E-state index in [-0.39, 0.29) is 17.2 Å². The van der Waals surface area contributed by atoms with Gasteiger partial charge in [-0.1, -0.05) is 0 Å². The molecule has 3 heterocycles. The molecule has 0 unspecified atom stereocenters. The normalized spacial score (nSPS) is 13.2. The van der Waals surface area contributed by atoms with Crippen molar-refractivity contribution in [3.8, 4) is 5.75 Å². The fourth-order valence-corrected chi connectivity index (χ4v) is 4.11. The van der Waals surface area contributed by atoms with Crippen LogP contribution in [0.2, 0.25) is 0 Å². The number of phenols is 1. The summed E-state index contributed by atoms with van der Waals surface area (Å²) < 4.78 is 1.71. The number of hydrogen-bond acceptors (Lipinski definition) is 5. The Labute approximate surface area is 141 Å². The molecule has 2 aromatic heterocycles. The number of carbonyl (C=O) groups is 1. The lowest BCUT2D eigenvalue weighted by Crippen LogP contribution is -2.20. The molecule has 0 fully saturated rings. The highest BCUT2D eigenvalue weighted by Crippen LogP contribution is 2.29. The Morgan fingerprint density at radius 3 is 2.83 bits per heavy atom. The number of rotatable bonds is 2. The van der Waals surface area contributed by atoms with Gasteiger partial charge in [0.25, 0.3) is 11.5 Å². The topological polar surface area (TPSA) is 84.2 Å². The standard InChI is InChI=1S/C17H15N3O3S/c1-9-13-16(19-12-3-2-8-20(12)17(13)23)24-14(9)15(22)18-10-4-6-11(21)7-5-10/h4-7,21H,2-3,8H2,1H3,(H,18,22). The van der Waals surface area contributed by atoms with E-state index in [0.29, 0.717) is 32.9 Å². The molecule has 1 aliphatic heterocycles. The maximum atomic E-state index is 12.6. The smallest absolute Gasteiger partial charge is 0.266 e. The molecule has 1 aromatic carbocycles. The number of hydrogen-bond donors (Lipinski definition) is 2. The van der Waals surface area contributed by atoms with Crippen LogP contribution >= 0.6 is 11.3 Å². The van der Waals surface area contributed by atoms with Gasteiger partial charge in [0, 0.05) is 18.7 Å². The molecule has 0 saturated heterocycles. The first-order valence-electron chi connectivity index (χ1n) is 7.68. The highest BCUT2D eigenvalue weighted by Gasteiger charge is 2.23. The van der Waals surface area contributed by atoms with Crippen molar-refractivity contribution in [2.75, 3.05) is 5.32 Å². The van der Waals surface area contributed by atoms with Gasteiger partial charge in [-0.15, -0.1) is 11.3 Å². The molecule has 2 N–H and O–H groups in total. The highest BCUT2D eigenvalue weighted by molar-refractivity contribution is 7.20. The molecule has 3 aromatic rings. The number of carbonyl (C=O) groups excluding carboxylic acids is 1. The summed E-state index contributed by atoms with van der Waals surface area (Å²) >= 11 is 1.25. The first-order valence-corrected chi connectivity index (χ1v) is 8.49. The Morgan fingerprint density at radius 2 is 2.08 bits per heavy atom. The van der Waals surface area contributed by atoms with E-state index in [1.807, 2.05) is 0 Å². The summed E-state index contributed by atoms with van der Waals surface area (Å²) in [7, 11) is 0. The second-order valence-corrected chi connectivity index (χ2v) is 6.82. The fraction of sp³-hybridized carbons (Fsp3) is 0.235. The van der Waals surface area contributed by atoms with Crippen molar-refractivity contribution in [3.63, 3.8) is 0 Å². The van der Waals surface area contributed by atoms with E-state index in [9.17, 15) is 14.7 Å². The Bertz CT molecular complexity index is 1020. The average molecular weight is 341 g/mol. The Balaban J connectivity index is 1.76. The largest absolute Gasteiger partial charge is 0.508 e. The van der Waals surface area contributed by atoms with Crippen molar-refractivity contribution in [3.05, 3.63) is 50.9 Å². The maximum Gasteiger partial charge on any atom is 0.266 e. The van der Waals surface area contributed by atoms with Crippen molar-refractivity contribution < 1.29 is 9.90 Å². The third kappa shape index (κ3) is 2.28. The van der Waals surface area contributed by atoms with Gasteiger partial charge in [0.1, 0.15) is 16.4 Å². The molecule has 0 radical (unpaired) electrons. The predicted molar refractivity (Wildman–Crippen MR) is 93.0 cm³/mol. The van der Waals surface area contributed by atoms with Crippen LogP contribution in [0.5, 0.6) is 5.75 Å². The Morgan fingerprint density at radius 1 is 1.33 bits per heavy atom. The third-order valence-corrected chi connectivity index (χ3v) is 5.43. The van der Waals surface area contributed by atoms with Gasteiger partial charge in [-0.2, -0.15) is 0 Å². The quantitative estimate of drug-likeness (QED) is 0.702. The van der Waals surface area contributed by atoms with E-state index in [1.54, 1.807) is 23.6 Å². The average Bonchev–Trinajstić information content (AvgIpc) is 3.15. The molecular formula is C17H15N3O3S. The molecule has 1 aliphatic rings. The van der Waals surface area contributed by atoms with Gasteiger partial charge in [0.05, 0.1) is 10.3 Å². The molecular weight excluding hydrogens is 326 g/mol. The summed E-state index contributed by atoms with van der Waals surface area (Å²) in [6.45, 7) is 2.48. The summed E-state index contributed by atoms with van der Waals surface area (Å²) in [6, 6.07) is 6.26. The second-order valence-electron chi connectivity index (χ2n) is 5.83. The fourth-order valence-electron chi connectivity index (χ4n) is 3.02. The molecule has 1 amide bonds. The monoisotopic (exact) mass is 341 g/mol. The van der Waals surface area contributed by atoms with Crippen LogP contribution in [0.1, 0.15) is 27.5 Å². The maximum absolute atomic E-state index is 12.6. The number of aromatic nitrogens is 2. The van der Waals surface area contributed by atoms with Gasteiger partial charge in [-0.05, 0) is 43.2 Å². The van der Waals surface area contributed by atoms with Crippen LogP contribution in [0.15, 0.2) is 29.1 Å². The van der Waals surface area contributed by atoms with E-state index in [2.05, 4.69) is 10.3 Å². The summed E-state index contributed by atoms with van der Waals surface area (Å²) in [6.07, 6.45) is 1.74. The van der Waals surface area contributed by atoms with Crippen LogP contribution < -0.4 is 10.9 Å². The van der Waals surface area contributed by atoms with Crippen molar-refractivity contribution in [2.24, 2.45) is 0 Å². The summed E-state index contributed by atoms with van der Waals surface area (Å²) in [5, 5.41) is 12.6. The van der Waals surface area contributed by atoms with Gasteiger partial charge >= 0.3 is 0 Å². The van der Waals surface area contributed by atoms with Gasteiger partial charge in [0.15, 0.2) is 0 Å². The molecule has 0 spiro atoms. The van der Waals surface area contributed by atoms with Crippen LogP contribution in [0, 0.1) is 6.92 Å². The summed E-state index contributed by atoms with van der Waals surface area (Å²) in [5.41, 5.74) is 1.21. The van der Waals surface area contributed by atoms with Crippen LogP contribution in [-0.4, -0.2) is 20.6 Å². The zero-order valence-corrected chi connectivity index (χ0v) is 13.8. The molecule has 0 atom stereocenters. The van der Waals surface area contributed by atoms with Crippen molar-refractivity contribution in [1.82, 2.24) is 9.55 Å². The van der Waals surface area contributed by atoms with Crippen LogP contribution in [-0.2, 0) is 13.0 Å². The molecule has 7 heteroatoms. The lowest BCUT2D eigenvalue weighted by molar-refractivity contribution is 0.103. The van der Waals surface area contributed by atoms with Gasteiger partial charge in [0.2, 0.25) is 0 Å². The number of aryl methyl sites for hydroxylation is 2. The molecule has 122 valence electrons. The van der Waals surface area contributed by atoms with Crippen LogP contribution in [0.25, 0.3) is 10.2 Å². The van der Waals surface area contributed by atoms with E-state index in [4.69, 9.17) is 0 Å². The number of anilines is 1. The lowest BCUT2D eigenvalue weighted by Gasteiger charge is -2.04. The van der Waals surface area contributed by atoms with E-state index < -0.39 is 0 Å². The summed E-state index contributed by atoms with van der Waals surface area (Å²) in [4.78, 5) is 30.9. The number of nitrogens with one attached hydrogen (secondary N) is 1. The minimum atomic E-state index is -0.272. The number of benzene rings is 1. The van der Waals surface area contributed by atoms with Gasteiger partial charge in [-0.3, -0.25) is 14.2 Å². The second kappa shape index (κ2) is 5.45. The van der Waals surface area contributed by atoms with Crippen LogP contribution in [0.4, 0.5) is 5.69 Å². The molecule has 6 nitrogen and oxygen atoms in total. The van der Waals surface area contributed by atoms with Crippen molar-refractivity contribution in [1.29, 1.82) is 0 Å². The number of fused-ring (bicyclic) bond motifs is 2. The van der Waals surface area contributed by atoms with E-state index >= 15 is 0 Å². The lowest BCUT2D eigenvalue weighted by atomic mass is 10.2. The zero-order valence-electron chi connectivity index (χ0n) is 13.0. The number of aromatic hydroxyl groups is 1. The number of nitrogens with zero attached hydrogens (tertiary/aromatic N) is 2. The SMILES string of the molecule is Cc1c(C(=O)Nc2ccc(O)cc2)sc2nc3n(c(=O)c12)CCC3. The molecule has 0 bridgehead atoms.